The van der Waals surface area contributed by atoms with Gasteiger partial charge in [-0.2, -0.15) is 0 Å². The van der Waals surface area contributed by atoms with Crippen molar-refractivity contribution in [1.29, 1.82) is 0 Å². The van der Waals surface area contributed by atoms with E-state index in [0.717, 1.165) is 6.54 Å². The van der Waals surface area contributed by atoms with E-state index in [2.05, 4.69) is 15.5 Å². The molecule has 0 bridgehead atoms. The van der Waals surface area contributed by atoms with Crippen LogP contribution in [0.2, 0.25) is 0 Å². The van der Waals surface area contributed by atoms with E-state index < -0.39 is 0 Å². The summed E-state index contributed by atoms with van der Waals surface area (Å²) in [5.41, 5.74) is 0. The molecular formula is C15H31N3O5. The molecule has 0 aromatic heterocycles. The van der Waals surface area contributed by atoms with Crippen LogP contribution in [-0.2, 0) is 23.8 Å². The average molecular weight is 333 g/mol. The SMILES string of the molecule is COCCOCCOCCN(CCNC(C)=O)CCNC(C)=O. The van der Waals surface area contributed by atoms with Gasteiger partial charge in [0.25, 0.3) is 0 Å². The van der Waals surface area contributed by atoms with Crippen LogP contribution in [0.15, 0.2) is 0 Å². The molecule has 0 spiro atoms. The van der Waals surface area contributed by atoms with E-state index in [1.54, 1.807) is 7.11 Å². The number of hydrogen-bond acceptors (Lipinski definition) is 6. The van der Waals surface area contributed by atoms with Crippen molar-refractivity contribution in [2.24, 2.45) is 0 Å². The molecule has 8 nitrogen and oxygen atoms in total. The highest BCUT2D eigenvalue weighted by Crippen LogP contribution is 1.89. The van der Waals surface area contributed by atoms with E-state index in [4.69, 9.17) is 14.2 Å². The molecule has 0 fully saturated rings. The van der Waals surface area contributed by atoms with Crippen LogP contribution in [0.5, 0.6) is 0 Å². The van der Waals surface area contributed by atoms with Gasteiger partial charge in [-0.05, 0) is 0 Å². The molecule has 0 aromatic rings. The van der Waals surface area contributed by atoms with Gasteiger partial charge in [-0.15, -0.1) is 0 Å². The van der Waals surface area contributed by atoms with Crippen LogP contribution in [0.4, 0.5) is 0 Å². The molecule has 0 aliphatic heterocycles. The maximum atomic E-state index is 10.9. The van der Waals surface area contributed by atoms with Gasteiger partial charge in [0, 0.05) is 53.7 Å². The third-order valence-electron chi connectivity index (χ3n) is 2.96. The first-order valence-electron chi connectivity index (χ1n) is 7.92. The Hall–Kier alpha value is -1.22. The first-order chi connectivity index (χ1) is 11.1. The third kappa shape index (κ3) is 17.0. The number of methoxy groups -OCH3 is 1. The highest BCUT2D eigenvalue weighted by Gasteiger charge is 2.05. The molecule has 23 heavy (non-hydrogen) atoms. The summed E-state index contributed by atoms with van der Waals surface area (Å²) in [6.45, 7) is 9.12. The first kappa shape index (κ1) is 21.8. The number of carbonyl (C=O) groups is 2. The van der Waals surface area contributed by atoms with E-state index in [1.807, 2.05) is 0 Å². The molecule has 2 amide bonds. The predicted molar refractivity (Wildman–Crippen MR) is 87.3 cm³/mol. The van der Waals surface area contributed by atoms with Crippen LogP contribution in [0.25, 0.3) is 0 Å². The van der Waals surface area contributed by atoms with Gasteiger partial charge in [0.15, 0.2) is 0 Å². The molecule has 0 aliphatic rings. The first-order valence-corrected chi connectivity index (χ1v) is 7.92. The lowest BCUT2D eigenvalue weighted by molar-refractivity contribution is -0.119. The van der Waals surface area contributed by atoms with Crippen molar-refractivity contribution >= 4 is 11.8 Å². The van der Waals surface area contributed by atoms with Crippen LogP contribution >= 0.6 is 0 Å². The van der Waals surface area contributed by atoms with Gasteiger partial charge in [0.2, 0.25) is 11.8 Å². The molecule has 0 unspecified atom stereocenters. The summed E-state index contributed by atoms with van der Waals surface area (Å²) in [5, 5.41) is 5.53. The largest absolute Gasteiger partial charge is 0.382 e. The highest BCUT2D eigenvalue weighted by molar-refractivity contribution is 5.73. The monoisotopic (exact) mass is 333 g/mol. The Bertz CT molecular complexity index is 295. The van der Waals surface area contributed by atoms with Gasteiger partial charge in [-0.1, -0.05) is 0 Å². The quantitative estimate of drug-likeness (QED) is 0.383. The zero-order valence-electron chi connectivity index (χ0n) is 14.6. The van der Waals surface area contributed by atoms with E-state index in [9.17, 15) is 9.59 Å². The lowest BCUT2D eigenvalue weighted by atomic mass is 10.4. The molecular weight excluding hydrogens is 302 g/mol. The minimum atomic E-state index is -0.0451. The van der Waals surface area contributed by atoms with Crippen LogP contribution in [0.1, 0.15) is 13.8 Å². The summed E-state index contributed by atoms with van der Waals surface area (Å²) < 4.78 is 15.7. The van der Waals surface area contributed by atoms with E-state index in [0.29, 0.717) is 59.2 Å². The summed E-state index contributed by atoms with van der Waals surface area (Å²) >= 11 is 0. The fourth-order valence-electron chi connectivity index (χ4n) is 1.77. The smallest absolute Gasteiger partial charge is 0.216 e. The number of carbonyl (C=O) groups excluding carboxylic acids is 2. The third-order valence-corrected chi connectivity index (χ3v) is 2.96. The Balaban J connectivity index is 3.76. The summed E-state index contributed by atoms with van der Waals surface area (Å²) in [6.07, 6.45) is 0. The molecule has 0 saturated heterocycles. The molecule has 0 rings (SSSR count). The molecule has 8 heteroatoms. The summed E-state index contributed by atoms with van der Waals surface area (Å²) in [5.74, 6) is -0.0902. The van der Waals surface area contributed by atoms with Gasteiger partial charge in [0.05, 0.1) is 33.0 Å². The number of ether oxygens (including phenoxy) is 3. The lowest BCUT2D eigenvalue weighted by Gasteiger charge is -2.22. The predicted octanol–water partition coefficient (Wildman–Crippen LogP) is -0.760. The zero-order valence-corrected chi connectivity index (χ0v) is 14.6. The number of rotatable bonds is 15. The number of hydrogen-bond donors (Lipinski definition) is 2. The maximum absolute atomic E-state index is 10.9. The molecule has 0 heterocycles. The van der Waals surface area contributed by atoms with Crippen LogP contribution < -0.4 is 10.6 Å². The average Bonchev–Trinajstić information content (AvgIpc) is 2.48. The van der Waals surface area contributed by atoms with E-state index in [-0.39, 0.29) is 11.8 Å². The zero-order chi connectivity index (χ0) is 17.3. The van der Waals surface area contributed by atoms with Gasteiger partial charge >= 0.3 is 0 Å². The summed E-state index contributed by atoms with van der Waals surface area (Å²) in [7, 11) is 1.64. The van der Waals surface area contributed by atoms with E-state index in [1.165, 1.54) is 13.8 Å². The second kappa shape index (κ2) is 15.7. The normalized spacial score (nSPS) is 10.8. The Morgan fingerprint density at radius 2 is 1.26 bits per heavy atom. The Morgan fingerprint density at radius 3 is 1.74 bits per heavy atom. The number of nitrogens with one attached hydrogen (secondary N) is 2. The number of nitrogens with zero attached hydrogens (tertiary/aromatic N) is 1. The standard InChI is InChI=1S/C15H31N3O5/c1-14(19)16-4-6-18(7-5-17-15(2)20)8-9-22-12-13-23-11-10-21-3/h4-13H2,1-3H3,(H,16,19)(H,17,20). The van der Waals surface area contributed by atoms with Crippen molar-refractivity contribution < 1.29 is 23.8 Å². The second-order valence-electron chi connectivity index (χ2n) is 5.03. The Labute approximate surface area is 138 Å². The minimum absolute atomic E-state index is 0.0451. The fourth-order valence-corrected chi connectivity index (χ4v) is 1.77. The van der Waals surface area contributed by atoms with Crippen molar-refractivity contribution in [3.05, 3.63) is 0 Å². The van der Waals surface area contributed by atoms with Crippen LogP contribution in [-0.4, -0.2) is 89.6 Å². The molecule has 0 atom stereocenters. The molecule has 0 saturated carbocycles. The van der Waals surface area contributed by atoms with Crippen molar-refractivity contribution in [3.63, 3.8) is 0 Å². The number of amides is 2. The molecule has 136 valence electrons. The van der Waals surface area contributed by atoms with Crippen molar-refractivity contribution in [2.45, 2.75) is 13.8 Å². The molecule has 0 aliphatic carbocycles. The molecule has 2 N–H and O–H groups in total. The summed E-state index contributed by atoms with van der Waals surface area (Å²) in [6, 6.07) is 0. The van der Waals surface area contributed by atoms with Crippen molar-refractivity contribution in [3.8, 4) is 0 Å². The summed E-state index contributed by atoms with van der Waals surface area (Å²) in [4.78, 5) is 23.9. The van der Waals surface area contributed by atoms with Gasteiger partial charge in [-0.3, -0.25) is 14.5 Å². The van der Waals surface area contributed by atoms with Gasteiger partial charge < -0.3 is 24.8 Å². The van der Waals surface area contributed by atoms with Gasteiger partial charge in [-0.25, -0.2) is 0 Å². The van der Waals surface area contributed by atoms with Crippen LogP contribution in [0, 0.1) is 0 Å². The molecule has 0 radical (unpaired) electrons. The van der Waals surface area contributed by atoms with Crippen LogP contribution in [0.3, 0.4) is 0 Å². The minimum Gasteiger partial charge on any atom is -0.382 e. The topological polar surface area (TPSA) is 89.1 Å². The van der Waals surface area contributed by atoms with E-state index >= 15 is 0 Å². The Kier molecular flexibility index (Phi) is 14.8. The Morgan fingerprint density at radius 1 is 0.783 bits per heavy atom. The molecule has 0 aromatic carbocycles. The van der Waals surface area contributed by atoms with Crippen molar-refractivity contribution in [2.75, 3.05) is 72.9 Å². The fraction of sp³-hybridized carbons (Fsp3) is 0.867. The second-order valence-corrected chi connectivity index (χ2v) is 5.03. The lowest BCUT2D eigenvalue weighted by Crippen LogP contribution is -2.40. The highest BCUT2D eigenvalue weighted by atomic mass is 16.5. The maximum Gasteiger partial charge on any atom is 0.216 e. The van der Waals surface area contributed by atoms with Crippen molar-refractivity contribution in [1.82, 2.24) is 15.5 Å². The van der Waals surface area contributed by atoms with Gasteiger partial charge in [0.1, 0.15) is 0 Å².